The van der Waals surface area contributed by atoms with Crippen molar-refractivity contribution in [3.63, 3.8) is 0 Å². The number of nitrogens with one attached hydrogen (secondary N) is 1. The third-order valence-electron chi connectivity index (χ3n) is 3.69. The average molecular weight is 250 g/mol. The third-order valence-corrected chi connectivity index (χ3v) is 3.69. The molecule has 0 spiro atoms. The van der Waals surface area contributed by atoms with E-state index in [-0.39, 0.29) is 17.2 Å². The number of nitrogens with two attached hydrogens (primary N) is 1. The Hall–Kier alpha value is -1.04. The Bertz CT molecular complexity index is 405. The Labute approximate surface area is 108 Å². The van der Waals surface area contributed by atoms with Crippen LogP contribution in [0.4, 0.5) is 0 Å². The summed E-state index contributed by atoms with van der Waals surface area (Å²) in [6.45, 7) is 8.47. The summed E-state index contributed by atoms with van der Waals surface area (Å²) < 4.78 is 6.12. The standard InChI is InChI=1S/C13H22N4O/c1-12(2)7-10(13(3,4)18-12)11(17-14)9-5-6-15-16-8-9/h5-6,8,10-11,17H,7,14H2,1-4H3. The first kappa shape index (κ1) is 13.4. The molecule has 1 aromatic heterocycles. The molecular formula is C13H22N4O. The van der Waals surface area contributed by atoms with Gasteiger partial charge < -0.3 is 4.74 Å². The summed E-state index contributed by atoms with van der Waals surface area (Å²) in [6.07, 6.45) is 4.40. The predicted molar refractivity (Wildman–Crippen MR) is 69.4 cm³/mol. The topological polar surface area (TPSA) is 73.1 Å². The van der Waals surface area contributed by atoms with E-state index < -0.39 is 0 Å². The second-order valence-corrected chi connectivity index (χ2v) is 6.10. The van der Waals surface area contributed by atoms with Gasteiger partial charge in [0.2, 0.25) is 0 Å². The van der Waals surface area contributed by atoms with Crippen LogP contribution in [0.25, 0.3) is 0 Å². The van der Waals surface area contributed by atoms with E-state index in [4.69, 9.17) is 10.6 Å². The molecule has 0 amide bonds. The normalized spacial score (nSPS) is 27.1. The van der Waals surface area contributed by atoms with Crippen molar-refractivity contribution in [2.75, 3.05) is 0 Å². The number of hydrogen-bond donors (Lipinski definition) is 2. The van der Waals surface area contributed by atoms with E-state index in [2.05, 4.69) is 43.3 Å². The Balaban J connectivity index is 2.29. The number of rotatable bonds is 3. The smallest absolute Gasteiger partial charge is 0.0681 e. The zero-order valence-electron chi connectivity index (χ0n) is 11.5. The summed E-state index contributed by atoms with van der Waals surface area (Å²) in [7, 11) is 0. The van der Waals surface area contributed by atoms with Crippen molar-refractivity contribution in [1.29, 1.82) is 0 Å². The molecule has 2 atom stereocenters. The van der Waals surface area contributed by atoms with Gasteiger partial charge in [-0.15, -0.1) is 0 Å². The molecule has 0 saturated carbocycles. The molecule has 0 radical (unpaired) electrons. The predicted octanol–water partition coefficient (Wildman–Crippen LogP) is 1.57. The minimum atomic E-state index is -0.218. The van der Waals surface area contributed by atoms with Gasteiger partial charge in [-0.3, -0.25) is 11.3 Å². The first-order chi connectivity index (χ1) is 8.36. The van der Waals surface area contributed by atoms with Gasteiger partial charge in [0.15, 0.2) is 0 Å². The van der Waals surface area contributed by atoms with Crippen molar-refractivity contribution < 1.29 is 4.74 Å². The lowest BCUT2D eigenvalue weighted by Crippen LogP contribution is -2.41. The van der Waals surface area contributed by atoms with Gasteiger partial charge in [0, 0.05) is 12.1 Å². The fraction of sp³-hybridized carbons (Fsp3) is 0.692. The molecule has 1 aliphatic rings. The van der Waals surface area contributed by atoms with Crippen LogP contribution >= 0.6 is 0 Å². The largest absolute Gasteiger partial charge is 0.369 e. The van der Waals surface area contributed by atoms with Crippen molar-refractivity contribution >= 4 is 0 Å². The Morgan fingerprint density at radius 3 is 2.56 bits per heavy atom. The molecule has 2 unspecified atom stereocenters. The molecule has 1 aliphatic heterocycles. The summed E-state index contributed by atoms with van der Waals surface area (Å²) in [5.74, 6) is 6.03. The summed E-state index contributed by atoms with van der Waals surface area (Å²) in [6, 6.07) is 1.97. The summed E-state index contributed by atoms with van der Waals surface area (Å²) in [4.78, 5) is 0. The molecule has 0 aromatic carbocycles. The van der Waals surface area contributed by atoms with Gasteiger partial charge in [0.1, 0.15) is 0 Å². The van der Waals surface area contributed by atoms with Crippen LogP contribution in [0.3, 0.4) is 0 Å². The van der Waals surface area contributed by atoms with Crippen molar-refractivity contribution in [2.24, 2.45) is 11.8 Å². The molecule has 2 heterocycles. The first-order valence-corrected chi connectivity index (χ1v) is 6.29. The van der Waals surface area contributed by atoms with Gasteiger partial charge in [-0.25, -0.2) is 0 Å². The van der Waals surface area contributed by atoms with Crippen LogP contribution in [0.15, 0.2) is 18.5 Å². The number of hydrogen-bond acceptors (Lipinski definition) is 5. The molecule has 5 heteroatoms. The monoisotopic (exact) mass is 250 g/mol. The molecule has 0 aliphatic carbocycles. The van der Waals surface area contributed by atoms with Gasteiger partial charge in [-0.1, -0.05) is 0 Å². The molecule has 100 valence electrons. The van der Waals surface area contributed by atoms with Crippen LogP contribution in [0.5, 0.6) is 0 Å². The van der Waals surface area contributed by atoms with E-state index >= 15 is 0 Å². The van der Waals surface area contributed by atoms with Gasteiger partial charge in [-0.05, 0) is 45.7 Å². The van der Waals surface area contributed by atoms with E-state index in [0.29, 0.717) is 5.92 Å². The van der Waals surface area contributed by atoms with Crippen molar-refractivity contribution in [3.05, 3.63) is 24.0 Å². The minimum Gasteiger partial charge on any atom is -0.369 e. The first-order valence-electron chi connectivity index (χ1n) is 6.29. The fourth-order valence-electron chi connectivity index (χ4n) is 3.05. The number of hydrazine groups is 1. The Morgan fingerprint density at radius 1 is 1.39 bits per heavy atom. The van der Waals surface area contributed by atoms with Gasteiger partial charge in [0.05, 0.1) is 23.4 Å². The Kier molecular flexibility index (Phi) is 3.40. The highest BCUT2D eigenvalue weighted by Gasteiger charge is 2.49. The van der Waals surface area contributed by atoms with E-state index in [1.165, 1.54) is 0 Å². The molecule has 3 N–H and O–H groups in total. The highest BCUT2D eigenvalue weighted by Crippen LogP contribution is 2.47. The van der Waals surface area contributed by atoms with E-state index in [1.807, 2.05) is 6.07 Å². The molecular weight excluding hydrogens is 228 g/mol. The van der Waals surface area contributed by atoms with E-state index in [1.54, 1.807) is 12.4 Å². The lowest BCUT2D eigenvalue weighted by Gasteiger charge is -2.32. The van der Waals surface area contributed by atoms with Crippen LogP contribution in [0.1, 0.15) is 45.7 Å². The number of nitrogens with zero attached hydrogens (tertiary/aromatic N) is 2. The minimum absolute atomic E-state index is 0.0253. The maximum Gasteiger partial charge on any atom is 0.0681 e. The van der Waals surface area contributed by atoms with Gasteiger partial charge in [0.25, 0.3) is 0 Å². The maximum absolute atomic E-state index is 6.12. The van der Waals surface area contributed by atoms with Gasteiger partial charge in [-0.2, -0.15) is 10.2 Å². The quantitative estimate of drug-likeness (QED) is 0.629. The lowest BCUT2D eigenvalue weighted by atomic mass is 9.79. The van der Waals surface area contributed by atoms with Crippen molar-refractivity contribution in [3.8, 4) is 0 Å². The number of aromatic nitrogens is 2. The third kappa shape index (κ3) is 2.53. The second-order valence-electron chi connectivity index (χ2n) is 6.10. The summed E-state index contributed by atoms with van der Waals surface area (Å²) in [5, 5.41) is 7.73. The van der Waals surface area contributed by atoms with Crippen LogP contribution in [0, 0.1) is 5.92 Å². The highest BCUT2D eigenvalue weighted by atomic mass is 16.5. The van der Waals surface area contributed by atoms with Crippen molar-refractivity contribution in [1.82, 2.24) is 15.6 Å². The molecule has 18 heavy (non-hydrogen) atoms. The van der Waals surface area contributed by atoms with Crippen LogP contribution in [-0.2, 0) is 4.74 Å². The molecule has 1 saturated heterocycles. The molecule has 1 fully saturated rings. The van der Waals surface area contributed by atoms with Crippen LogP contribution < -0.4 is 11.3 Å². The second kappa shape index (κ2) is 4.57. The van der Waals surface area contributed by atoms with E-state index in [0.717, 1.165) is 12.0 Å². The maximum atomic E-state index is 6.12. The fourth-order valence-corrected chi connectivity index (χ4v) is 3.05. The molecule has 0 bridgehead atoms. The SMILES string of the molecule is CC1(C)CC(C(NN)c2ccnnc2)C(C)(C)O1. The highest BCUT2D eigenvalue weighted by molar-refractivity contribution is 5.16. The van der Waals surface area contributed by atoms with Crippen LogP contribution in [-0.4, -0.2) is 21.4 Å². The molecule has 1 aromatic rings. The molecule has 2 rings (SSSR count). The van der Waals surface area contributed by atoms with E-state index in [9.17, 15) is 0 Å². The molecule has 5 nitrogen and oxygen atoms in total. The summed E-state index contributed by atoms with van der Waals surface area (Å²) in [5.41, 5.74) is 3.61. The van der Waals surface area contributed by atoms with Gasteiger partial charge >= 0.3 is 0 Å². The van der Waals surface area contributed by atoms with Crippen LogP contribution in [0.2, 0.25) is 0 Å². The summed E-state index contributed by atoms with van der Waals surface area (Å²) >= 11 is 0. The zero-order valence-corrected chi connectivity index (χ0v) is 11.5. The number of ether oxygens (including phenoxy) is 1. The van der Waals surface area contributed by atoms with Crippen molar-refractivity contribution in [2.45, 2.75) is 51.4 Å². The lowest BCUT2D eigenvalue weighted by molar-refractivity contribution is -0.0779. The average Bonchev–Trinajstić information content (AvgIpc) is 2.50. The zero-order chi connectivity index (χ0) is 13.4. The Morgan fingerprint density at radius 2 is 2.11 bits per heavy atom.